The standard InChI is InChI=1S/C14H12Cl2N2O3/c1-20-9-3-4-10(14(17)18-19)13(7-9)21-12-5-2-8(15)6-11(12)16/h2-7,19H,1H3,(H2,17,18). The lowest BCUT2D eigenvalue weighted by molar-refractivity contribution is 0.318. The summed E-state index contributed by atoms with van der Waals surface area (Å²) in [6.07, 6.45) is 0. The smallest absolute Gasteiger partial charge is 0.173 e. The van der Waals surface area contributed by atoms with Crippen molar-refractivity contribution in [2.24, 2.45) is 10.9 Å². The van der Waals surface area contributed by atoms with E-state index in [2.05, 4.69) is 5.16 Å². The van der Waals surface area contributed by atoms with E-state index in [0.717, 1.165) is 0 Å². The number of amidine groups is 1. The van der Waals surface area contributed by atoms with Crippen molar-refractivity contribution in [3.63, 3.8) is 0 Å². The molecule has 0 fully saturated rings. The summed E-state index contributed by atoms with van der Waals surface area (Å²) in [4.78, 5) is 0. The molecule has 0 bridgehead atoms. The van der Waals surface area contributed by atoms with Crippen LogP contribution in [0.3, 0.4) is 0 Å². The van der Waals surface area contributed by atoms with Crippen LogP contribution in [0.4, 0.5) is 0 Å². The Hall–Kier alpha value is -2.11. The number of methoxy groups -OCH3 is 1. The highest BCUT2D eigenvalue weighted by molar-refractivity contribution is 6.35. The van der Waals surface area contributed by atoms with Gasteiger partial charge in [0, 0.05) is 11.1 Å². The van der Waals surface area contributed by atoms with E-state index in [-0.39, 0.29) is 5.84 Å². The van der Waals surface area contributed by atoms with Gasteiger partial charge in [-0.2, -0.15) is 0 Å². The largest absolute Gasteiger partial charge is 0.497 e. The minimum atomic E-state index is -0.0854. The van der Waals surface area contributed by atoms with Crippen LogP contribution in [0.15, 0.2) is 41.6 Å². The van der Waals surface area contributed by atoms with Crippen LogP contribution in [-0.4, -0.2) is 18.2 Å². The molecule has 110 valence electrons. The normalized spacial score (nSPS) is 11.3. The first-order chi connectivity index (χ1) is 10.0. The fourth-order valence-electron chi connectivity index (χ4n) is 1.66. The van der Waals surface area contributed by atoms with Gasteiger partial charge in [-0.25, -0.2) is 0 Å². The molecule has 0 atom stereocenters. The van der Waals surface area contributed by atoms with Crippen molar-refractivity contribution in [2.75, 3.05) is 7.11 Å². The Balaban J connectivity index is 2.46. The van der Waals surface area contributed by atoms with Gasteiger partial charge in [0.1, 0.15) is 17.2 Å². The number of nitrogens with zero attached hydrogens (tertiary/aromatic N) is 1. The zero-order valence-electron chi connectivity index (χ0n) is 11.0. The summed E-state index contributed by atoms with van der Waals surface area (Å²) in [5.41, 5.74) is 6.03. The van der Waals surface area contributed by atoms with Gasteiger partial charge in [0.05, 0.1) is 17.7 Å². The Morgan fingerprint density at radius 3 is 2.52 bits per heavy atom. The van der Waals surface area contributed by atoms with Crippen molar-refractivity contribution in [3.05, 3.63) is 52.0 Å². The Kier molecular flexibility index (Phi) is 4.77. The second-order valence-electron chi connectivity index (χ2n) is 4.02. The molecule has 0 heterocycles. The molecule has 3 N–H and O–H groups in total. The first-order valence-corrected chi connectivity index (χ1v) is 6.59. The molecule has 0 aromatic heterocycles. The third-order valence-corrected chi connectivity index (χ3v) is 3.22. The fraction of sp³-hybridized carbons (Fsp3) is 0.0714. The molecule has 0 radical (unpaired) electrons. The molecule has 21 heavy (non-hydrogen) atoms. The third-order valence-electron chi connectivity index (χ3n) is 2.69. The van der Waals surface area contributed by atoms with Gasteiger partial charge < -0.3 is 20.4 Å². The minimum absolute atomic E-state index is 0.0854. The number of nitrogens with two attached hydrogens (primary N) is 1. The lowest BCUT2D eigenvalue weighted by atomic mass is 10.1. The molecule has 0 aliphatic rings. The van der Waals surface area contributed by atoms with Crippen molar-refractivity contribution >= 4 is 29.0 Å². The predicted molar refractivity (Wildman–Crippen MR) is 82.0 cm³/mol. The van der Waals surface area contributed by atoms with Crippen LogP contribution in [0.2, 0.25) is 10.0 Å². The van der Waals surface area contributed by atoms with Crippen molar-refractivity contribution in [1.82, 2.24) is 0 Å². The highest BCUT2D eigenvalue weighted by atomic mass is 35.5. The van der Waals surface area contributed by atoms with E-state index in [1.54, 1.807) is 36.4 Å². The maximum absolute atomic E-state index is 8.83. The maximum atomic E-state index is 8.83. The molecule has 7 heteroatoms. The van der Waals surface area contributed by atoms with E-state index in [1.807, 2.05) is 0 Å². The molecule has 0 unspecified atom stereocenters. The summed E-state index contributed by atoms with van der Waals surface area (Å²) in [6.45, 7) is 0. The number of benzene rings is 2. The Labute approximate surface area is 131 Å². The van der Waals surface area contributed by atoms with Gasteiger partial charge in [-0.05, 0) is 30.3 Å². The topological polar surface area (TPSA) is 77.1 Å². The van der Waals surface area contributed by atoms with Crippen molar-refractivity contribution in [2.45, 2.75) is 0 Å². The van der Waals surface area contributed by atoms with E-state index >= 15 is 0 Å². The highest BCUT2D eigenvalue weighted by Crippen LogP contribution is 2.34. The molecule has 2 aromatic carbocycles. The summed E-state index contributed by atoms with van der Waals surface area (Å²) in [6, 6.07) is 9.73. The van der Waals surface area contributed by atoms with Crippen LogP contribution in [0.25, 0.3) is 0 Å². The third kappa shape index (κ3) is 3.51. The Bertz CT molecular complexity index is 690. The Morgan fingerprint density at radius 1 is 1.14 bits per heavy atom. The van der Waals surface area contributed by atoms with Crippen LogP contribution in [0.5, 0.6) is 17.2 Å². The van der Waals surface area contributed by atoms with Gasteiger partial charge >= 0.3 is 0 Å². The van der Waals surface area contributed by atoms with Crippen LogP contribution in [0, 0.1) is 0 Å². The number of rotatable bonds is 4. The molecule has 0 saturated carbocycles. The summed E-state index contributed by atoms with van der Waals surface area (Å²) >= 11 is 11.9. The SMILES string of the molecule is COc1ccc(/C(N)=N/O)c(Oc2ccc(Cl)cc2Cl)c1. The molecule has 2 rings (SSSR count). The first kappa shape index (κ1) is 15.3. The quantitative estimate of drug-likeness (QED) is 0.386. The maximum Gasteiger partial charge on any atom is 0.173 e. The molecular weight excluding hydrogens is 315 g/mol. The second-order valence-corrected chi connectivity index (χ2v) is 4.87. The first-order valence-electron chi connectivity index (χ1n) is 5.84. The molecule has 0 aliphatic carbocycles. The number of halogens is 2. The highest BCUT2D eigenvalue weighted by Gasteiger charge is 2.13. The molecule has 0 spiro atoms. The minimum Gasteiger partial charge on any atom is -0.497 e. The van der Waals surface area contributed by atoms with Crippen LogP contribution < -0.4 is 15.2 Å². The second kappa shape index (κ2) is 6.56. The molecule has 0 saturated heterocycles. The van der Waals surface area contributed by atoms with E-state index in [1.165, 1.54) is 7.11 Å². The molecular formula is C14H12Cl2N2O3. The molecule has 0 amide bonds. The average molecular weight is 327 g/mol. The number of ether oxygens (including phenoxy) is 2. The van der Waals surface area contributed by atoms with E-state index < -0.39 is 0 Å². The summed E-state index contributed by atoms with van der Waals surface area (Å²) in [7, 11) is 1.53. The number of hydrogen-bond acceptors (Lipinski definition) is 4. The summed E-state index contributed by atoms with van der Waals surface area (Å²) in [5, 5.41) is 12.6. The van der Waals surface area contributed by atoms with Gasteiger partial charge in [0.25, 0.3) is 0 Å². The lowest BCUT2D eigenvalue weighted by Crippen LogP contribution is -2.14. The predicted octanol–water partition coefficient (Wildman–Crippen LogP) is 3.89. The van der Waals surface area contributed by atoms with Gasteiger partial charge in [0.2, 0.25) is 0 Å². The Morgan fingerprint density at radius 2 is 1.90 bits per heavy atom. The van der Waals surface area contributed by atoms with Gasteiger partial charge in [-0.15, -0.1) is 0 Å². The molecule has 5 nitrogen and oxygen atoms in total. The van der Waals surface area contributed by atoms with Gasteiger partial charge in [-0.1, -0.05) is 28.4 Å². The van der Waals surface area contributed by atoms with E-state index in [0.29, 0.717) is 32.9 Å². The van der Waals surface area contributed by atoms with Gasteiger partial charge in [-0.3, -0.25) is 0 Å². The number of hydrogen-bond donors (Lipinski definition) is 2. The average Bonchev–Trinajstić information content (AvgIpc) is 2.49. The monoisotopic (exact) mass is 326 g/mol. The van der Waals surface area contributed by atoms with Gasteiger partial charge in [0.15, 0.2) is 5.84 Å². The van der Waals surface area contributed by atoms with Crippen molar-refractivity contribution < 1.29 is 14.7 Å². The van der Waals surface area contributed by atoms with Crippen molar-refractivity contribution in [3.8, 4) is 17.2 Å². The summed E-state index contributed by atoms with van der Waals surface area (Å²) in [5.74, 6) is 1.21. The lowest BCUT2D eigenvalue weighted by Gasteiger charge is -2.13. The zero-order valence-corrected chi connectivity index (χ0v) is 12.5. The fourth-order valence-corrected chi connectivity index (χ4v) is 2.10. The summed E-state index contributed by atoms with van der Waals surface area (Å²) < 4.78 is 10.9. The molecule has 0 aliphatic heterocycles. The number of oxime groups is 1. The molecule has 2 aromatic rings. The zero-order chi connectivity index (χ0) is 15.4. The van der Waals surface area contributed by atoms with Crippen molar-refractivity contribution in [1.29, 1.82) is 0 Å². The van der Waals surface area contributed by atoms with E-state index in [4.69, 9.17) is 43.6 Å². The van der Waals surface area contributed by atoms with Crippen LogP contribution in [-0.2, 0) is 0 Å². The van der Waals surface area contributed by atoms with Crippen LogP contribution >= 0.6 is 23.2 Å². The van der Waals surface area contributed by atoms with E-state index in [9.17, 15) is 0 Å². The van der Waals surface area contributed by atoms with Crippen LogP contribution in [0.1, 0.15) is 5.56 Å².